The fourth-order valence-electron chi connectivity index (χ4n) is 1.82. The van der Waals surface area contributed by atoms with Gasteiger partial charge in [0, 0.05) is 37.7 Å². The second kappa shape index (κ2) is 6.09. The van der Waals surface area contributed by atoms with Gasteiger partial charge in [-0.3, -0.25) is 4.79 Å². The van der Waals surface area contributed by atoms with E-state index in [-0.39, 0.29) is 5.91 Å². The number of carbonyl (C=O) groups excluding carboxylic acids is 1. The highest BCUT2D eigenvalue weighted by Crippen LogP contribution is 2.07. The number of halogens is 1. The van der Waals surface area contributed by atoms with Crippen molar-refractivity contribution in [3.63, 3.8) is 0 Å². The van der Waals surface area contributed by atoms with Crippen molar-refractivity contribution in [2.75, 3.05) is 13.6 Å². The number of H-pyrrole nitrogens is 1. The lowest BCUT2D eigenvalue weighted by atomic mass is 10.2. The molecule has 0 atom stereocenters. The zero-order valence-corrected chi connectivity index (χ0v) is 10.8. The molecule has 1 aromatic heterocycles. The highest BCUT2D eigenvalue weighted by Gasteiger charge is 2.13. The molecular formula is C15H16FN2O+. The van der Waals surface area contributed by atoms with Gasteiger partial charge in [-0.25, -0.2) is 9.37 Å². The quantitative estimate of drug-likeness (QED) is 0.826. The normalized spacial score (nSPS) is 10.2. The molecule has 0 aliphatic heterocycles. The van der Waals surface area contributed by atoms with Crippen LogP contribution in [-0.4, -0.2) is 24.4 Å². The predicted molar refractivity (Wildman–Crippen MR) is 70.1 cm³/mol. The van der Waals surface area contributed by atoms with Crippen molar-refractivity contribution in [3.8, 4) is 0 Å². The van der Waals surface area contributed by atoms with E-state index in [1.807, 2.05) is 24.4 Å². The molecule has 0 bridgehead atoms. The van der Waals surface area contributed by atoms with Gasteiger partial charge < -0.3 is 4.90 Å². The minimum atomic E-state index is -0.393. The van der Waals surface area contributed by atoms with Crippen LogP contribution in [0.3, 0.4) is 0 Å². The van der Waals surface area contributed by atoms with Crippen molar-refractivity contribution in [3.05, 3.63) is 65.7 Å². The number of likely N-dealkylation sites (N-methyl/N-ethyl adjacent to an activating group) is 1. The maximum Gasteiger partial charge on any atom is 0.253 e. The second-order valence-electron chi connectivity index (χ2n) is 4.37. The monoisotopic (exact) mass is 259 g/mol. The zero-order valence-electron chi connectivity index (χ0n) is 10.8. The Balaban J connectivity index is 1.96. The van der Waals surface area contributed by atoms with E-state index in [0.717, 1.165) is 12.1 Å². The third-order valence-corrected chi connectivity index (χ3v) is 2.91. The molecule has 1 amide bonds. The summed E-state index contributed by atoms with van der Waals surface area (Å²) < 4.78 is 13.1. The van der Waals surface area contributed by atoms with Gasteiger partial charge in [-0.1, -0.05) is 12.1 Å². The summed E-state index contributed by atoms with van der Waals surface area (Å²) in [6.07, 6.45) is 2.59. The summed E-state index contributed by atoms with van der Waals surface area (Å²) in [6, 6.07) is 11.6. The summed E-state index contributed by atoms with van der Waals surface area (Å²) in [5.74, 6) is -0.564. The van der Waals surface area contributed by atoms with E-state index in [1.54, 1.807) is 24.1 Å². The number of pyridine rings is 1. The van der Waals surface area contributed by atoms with Gasteiger partial charge in [-0.15, -0.1) is 0 Å². The number of benzene rings is 1. The van der Waals surface area contributed by atoms with Crippen LogP contribution >= 0.6 is 0 Å². The van der Waals surface area contributed by atoms with Gasteiger partial charge in [0.2, 0.25) is 0 Å². The molecule has 0 radical (unpaired) electrons. The molecule has 1 aromatic carbocycles. The smallest absolute Gasteiger partial charge is 0.253 e. The molecular weight excluding hydrogens is 243 g/mol. The molecule has 19 heavy (non-hydrogen) atoms. The van der Waals surface area contributed by atoms with E-state index in [1.165, 1.54) is 12.1 Å². The Morgan fingerprint density at radius 2 is 2.11 bits per heavy atom. The highest BCUT2D eigenvalue weighted by molar-refractivity contribution is 5.94. The van der Waals surface area contributed by atoms with Crippen LogP contribution in [0.2, 0.25) is 0 Å². The Kier molecular flexibility index (Phi) is 4.23. The van der Waals surface area contributed by atoms with Gasteiger partial charge in [0.1, 0.15) is 5.82 Å². The number of aromatic nitrogens is 1. The summed E-state index contributed by atoms with van der Waals surface area (Å²) in [5, 5.41) is 0. The molecule has 0 spiro atoms. The van der Waals surface area contributed by atoms with Crippen LogP contribution in [-0.2, 0) is 6.42 Å². The summed E-state index contributed by atoms with van der Waals surface area (Å²) in [4.78, 5) is 16.8. The first-order valence-electron chi connectivity index (χ1n) is 6.13. The Labute approximate surface area is 111 Å². The molecule has 1 heterocycles. The standard InChI is InChI=1S/C15H15FN2O/c1-18(10-8-14-7-2-3-9-17-14)15(19)12-5-4-6-13(16)11-12/h2-7,9,11H,8,10H2,1H3/p+1. The van der Waals surface area contributed by atoms with Crippen LogP contribution < -0.4 is 4.98 Å². The first-order valence-corrected chi connectivity index (χ1v) is 6.13. The molecule has 3 nitrogen and oxygen atoms in total. The Hall–Kier alpha value is -2.23. The molecule has 0 aliphatic carbocycles. The van der Waals surface area contributed by atoms with Crippen molar-refractivity contribution in [1.82, 2.24) is 4.90 Å². The topological polar surface area (TPSA) is 34.5 Å². The Morgan fingerprint density at radius 1 is 1.26 bits per heavy atom. The summed E-state index contributed by atoms with van der Waals surface area (Å²) in [5.41, 5.74) is 1.43. The number of nitrogens with one attached hydrogen (secondary N) is 1. The minimum Gasteiger partial charge on any atom is -0.341 e. The lowest BCUT2D eigenvalue weighted by molar-refractivity contribution is -0.390. The second-order valence-corrected chi connectivity index (χ2v) is 4.37. The van der Waals surface area contributed by atoms with E-state index in [4.69, 9.17) is 0 Å². The minimum absolute atomic E-state index is 0.171. The number of hydrogen-bond acceptors (Lipinski definition) is 1. The predicted octanol–water partition coefficient (Wildman–Crippen LogP) is 1.95. The van der Waals surface area contributed by atoms with E-state index in [9.17, 15) is 9.18 Å². The average molecular weight is 259 g/mol. The van der Waals surface area contributed by atoms with Crippen molar-refractivity contribution in [1.29, 1.82) is 0 Å². The lowest BCUT2D eigenvalue weighted by Crippen LogP contribution is -2.30. The molecule has 0 unspecified atom stereocenters. The fraction of sp³-hybridized carbons (Fsp3) is 0.200. The van der Waals surface area contributed by atoms with E-state index < -0.39 is 5.82 Å². The van der Waals surface area contributed by atoms with Crippen LogP contribution in [0.5, 0.6) is 0 Å². The van der Waals surface area contributed by atoms with Crippen LogP contribution in [0.1, 0.15) is 16.1 Å². The van der Waals surface area contributed by atoms with Gasteiger partial charge in [0.25, 0.3) is 5.91 Å². The maximum absolute atomic E-state index is 13.1. The molecule has 0 aliphatic rings. The third kappa shape index (κ3) is 3.61. The zero-order chi connectivity index (χ0) is 13.7. The molecule has 98 valence electrons. The van der Waals surface area contributed by atoms with Gasteiger partial charge in [0.15, 0.2) is 11.9 Å². The molecule has 0 saturated carbocycles. The van der Waals surface area contributed by atoms with Crippen molar-refractivity contribution in [2.45, 2.75) is 6.42 Å². The lowest BCUT2D eigenvalue weighted by Gasteiger charge is -2.16. The first-order chi connectivity index (χ1) is 9.16. The van der Waals surface area contributed by atoms with Gasteiger partial charge in [-0.05, 0) is 18.2 Å². The van der Waals surface area contributed by atoms with Crippen molar-refractivity contribution >= 4 is 5.91 Å². The van der Waals surface area contributed by atoms with Crippen LogP contribution in [0, 0.1) is 5.82 Å². The molecule has 4 heteroatoms. The average Bonchev–Trinajstić information content (AvgIpc) is 2.45. The van der Waals surface area contributed by atoms with Gasteiger partial charge in [0.05, 0.1) is 0 Å². The number of rotatable bonds is 4. The Morgan fingerprint density at radius 3 is 2.79 bits per heavy atom. The van der Waals surface area contributed by atoms with Gasteiger partial charge in [-0.2, -0.15) is 0 Å². The van der Waals surface area contributed by atoms with E-state index in [2.05, 4.69) is 4.98 Å². The Bertz CT molecular complexity index is 557. The van der Waals surface area contributed by atoms with Crippen molar-refractivity contribution in [2.24, 2.45) is 0 Å². The number of hydrogen-bond donors (Lipinski definition) is 0. The molecule has 2 rings (SSSR count). The summed E-state index contributed by atoms with van der Waals surface area (Å²) in [7, 11) is 1.72. The van der Waals surface area contributed by atoms with E-state index >= 15 is 0 Å². The maximum atomic E-state index is 13.1. The largest absolute Gasteiger partial charge is 0.341 e. The van der Waals surface area contributed by atoms with E-state index in [0.29, 0.717) is 12.1 Å². The highest BCUT2D eigenvalue weighted by atomic mass is 19.1. The molecule has 1 N–H and O–H groups in total. The SMILES string of the molecule is CN(CCc1cccc[nH+]1)C(=O)c1cccc(F)c1. The number of nitrogens with zero attached hydrogens (tertiary/aromatic N) is 1. The molecule has 0 saturated heterocycles. The number of aromatic amines is 1. The summed E-state index contributed by atoms with van der Waals surface area (Å²) >= 11 is 0. The fourth-order valence-corrected chi connectivity index (χ4v) is 1.82. The van der Waals surface area contributed by atoms with Gasteiger partial charge >= 0.3 is 0 Å². The van der Waals surface area contributed by atoms with Crippen LogP contribution in [0.25, 0.3) is 0 Å². The first kappa shape index (κ1) is 13.2. The summed E-state index contributed by atoms with van der Waals surface area (Å²) in [6.45, 7) is 0.579. The molecule has 0 fully saturated rings. The number of amides is 1. The van der Waals surface area contributed by atoms with Crippen molar-refractivity contribution < 1.29 is 14.2 Å². The van der Waals surface area contributed by atoms with Crippen LogP contribution in [0.4, 0.5) is 4.39 Å². The van der Waals surface area contributed by atoms with Crippen LogP contribution in [0.15, 0.2) is 48.7 Å². The number of carbonyl (C=O) groups is 1. The molecule has 2 aromatic rings. The third-order valence-electron chi connectivity index (χ3n) is 2.91.